The summed E-state index contributed by atoms with van der Waals surface area (Å²) in [4.78, 5) is 14.5. The molecule has 0 aliphatic carbocycles. The average Bonchev–Trinajstić information content (AvgIpc) is 3.31. The van der Waals surface area contributed by atoms with E-state index in [0.717, 1.165) is 17.4 Å². The van der Waals surface area contributed by atoms with Crippen LogP contribution in [0.5, 0.6) is 0 Å². The molecule has 0 bridgehead atoms. The van der Waals surface area contributed by atoms with Gasteiger partial charge < -0.3 is 15.3 Å². The molecule has 1 aromatic carbocycles. The number of imidazole rings is 2. The van der Waals surface area contributed by atoms with Crippen molar-refractivity contribution in [3.05, 3.63) is 73.8 Å². The van der Waals surface area contributed by atoms with Crippen molar-refractivity contribution in [1.82, 2.24) is 24.5 Å². The Hall–Kier alpha value is -3.15. The van der Waals surface area contributed by atoms with Crippen LogP contribution in [-0.4, -0.2) is 24.5 Å². The van der Waals surface area contributed by atoms with Crippen molar-refractivity contribution in [2.24, 2.45) is 5.92 Å². The molecule has 0 saturated heterocycles. The van der Waals surface area contributed by atoms with Gasteiger partial charge in [-0.15, -0.1) is 0 Å². The molecule has 0 saturated carbocycles. The molecule has 130 valence electrons. The lowest BCUT2D eigenvalue weighted by Crippen LogP contribution is -2.00. The minimum absolute atomic E-state index is 0.573. The van der Waals surface area contributed by atoms with Gasteiger partial charge in [0, 0.05) is 36.7 Å². The van der Waals surface area contributed by atoms with E-state index in [1.165, 1.54) is 0 Å². The highest BCUT2D eigenvalue weighted by atomic mass is 15.0. The molecule has 6 nitrogen and oxygen atoms in total. The summed E-state index contributed by atoms with van der Waals surface area (Å²) in [6.45, 7) is 5.46. The van der Waals surface area contributed by atoms with Crippen LogP contribution in [0.3, 0.4) is 0 Å². The van der Waals surface area contributed by atoms with Crippen molar-refractivity contribution in [1.29, 1.82) is 0 Å². The minimum atomic E-state index is 0.573. The number of hydrogen-bond acceptors (Lipinski definition) is 4. The highest BCUT2D eigenvalue weighted by Gasteiger charge is 1.93. The van der Waals surface area contributed by atoms with E-state index < -0.39 is 0 Å². The molecular formula is C19H24N6. The van der Waals surface area contributed by atoms with E-state index in [1.807, 2.05) is 55.1 Å². The Labute approximate surface area is 147 Å². The van der Waals surface area contributed by atoms with Gasteiger partial charge in [0.15, 0.2) is 0 Å². The molecule has 3 N–H and O–H groups in total. The standard InChI is InChI=1S/C9H8N2.C7H12N2.C3H4N2/c10-9-6-5-7-3-1-2-4-8(7)11-9;1-7(2)5-9-4-3-8-6-9;1-2-5-3-4-1/h1-6H,(H2,10,11);3-4,6-7H,5H2,1-2H3;1-3H,(H,4,5). The van der Waals surface area contributed by atoms with Crippen LogP contribution < -0.4 is 5.73 Å². The third-order valence-corrected chi connectivity index (χ3v) is 3.16. The first-order valence-corrected chi connectivity index (χ1v) is 8.15. The third-order valence-electron chi connectivity index (χ3n) is 3.16. The first-order valence-electron chi connectivity index (χ1n) is 8.15. The lowest BCUT2D eigenvalue weighted by atomic mass is 10.2. The molecule has 0 aliphatic heterocycles. The van der Waals surface area contributed by atoms with Crippen molar-refractivity contribution in [3.63, 3.8) is 0 Å². The number of anilines is 1. The summed E-state index contributed by atoms with van der Waals surface area (Å²) in [5.41, 5.74) is 6.46. The molecule has 0 radical (unpaired) electrons. The Morgan fingerprint density at radius 3 is 2.52 bits per heavy atom. The lowest BCUT2D eigenvalue weighted by Gasteiger charge is -2.03. The Kier molecular flexibility index (Phi) is 7.18. The number of H-pyrrole nitrogens is 1. The highest BCUT2D eigenvalue weighted by Crippen LogP contribution is 2.11. The van der Waals surface area contributed by atoms with Gasteiger partial charge in [0.05, 0.1) is 18.2 Å². The second-order valence-electron chi connectivity index (χ2n) is 5.84. The summed E-state index contributed by atoms with van der Waals surface area (Å²) < 4.78 is 2.09. The summed E-state index contributed by atoms with van der Waals surface area (Å²) in [6.07, 6.45) is 10.7. The van der Waals surface area contributed by atoms with Crippen LogP contribution in [0.4, 0.5) is 5.82 Å². The number of nitrogens with zero attached hydrogens (tertiary/aromatic N) is 4. The fraction of sp³-hybridized carbons (Fsp3) is 0.211. The number of aromatic nitrogens is 5. The number of nitrogens with two attached hydrogens (primary N) is 1. The van der Waals surface area contributed by atoms with E-state index in [0.29, 0.717) is 11.7 Å². The maximum Gasteiger partial charge on any atom is 0.124 e. The molecule has 3 heterocycles. The number of pyridine rings is 1. The molecule has 4 rings (SSSR count). The summed E-state index contributed by atoms with van der Waals surface area (Å²) in [7, 11) is 0. The van der Waals surface area contributed by atoms with Gasteiger partial charge in [-0.3, -0.25) is 0 Å². The zero-order chi connectivity index (χ0) is 17.9. The Balaban J connectivity index is 0.000000145. The number of rotatable bonds is 2. The molecule has 3 aromatic heterocycles. The summed E-state index contributed by atoms with van der Waals surface area (Å²) in [6, 6.07) is 11.7. The van der Waals surface area contributed by atoms with Gasteiger partial charge in [0.2, 0.25) is 0 Å². The average molecular weight is 336 g/mol. The number of nitrogens with one attached hydrogen (secondary N) is 1. The lowest BCUT2D eigenvalue weighted by molar-refractivity contribution is 0.523. The predicted octanol–water partition coefficient (Wildman–Crippen LogP) is 3.77. The van der Waals surface area contributed by atoms with Gasteiger partial charge in [-0.05, 0) is 24.1 Å². The molecule has 4 aromatic rings. The number of nitrogen functional groups attached to an aromatic ring is 1. The van der Waals surface area contributed by atoms with Crippen molar-refractivity contribution < 1.29 is 0 Å². The van der Waals surface area contributed by atoms with Crippen molar-refractivity contribution in [3.8, 4) is 0 Å². The normalized spacial score (nSPS) is 9.88. The first-order chi connectivity index (χ1) is 12.1. The zero-order valence-corrected chi connectivity index (χ0v) is 14.6. The molecule has 6 heteroatoms. The summed E-state index contributed by atoms with van der Waals surface area (Å²) in [5.74, 6) is 1.28. The SMILES string of the molecule is CC(C)Cn1ccnc1.Nc1ccc2ccccc2n1.c1c[nH]cn1. The van der Waals surface area contributed by atoms with Crippen molar-refractivity contribution in [2.45, 2.75) is 20.4 Å². The fourth-order valence-corrected chi connectivity index (χ4v) is 2.11. The number of para-hydroxylation sites is 1. The van der Waals surface area contributed by atoms with Gasteiger partial charge in [-0.1, -0.05) is 32.0 Å². The maximum atomic E-state index is 5.51. The first kappa shape index (κ1) is 18.2. The van der Waals surface area contributed by atoms with Crippen LogP contribution in [-0.2, 0) is 6.54 Å². The van der Waals surface area contributed by atoms with E-state index in [4.69, 9.17) is 5.73 Å². The summed E-state index contributed by atoms with van der Waals surface area (Å²) in [5, 5.41) is 1.13. The fourth-order valence-electron chi connectivity index (χ4n) is 2.11. The van der Waals surface area contributed by atoms with Crippen LogP contribution >= 0.6 is 0 Å². The highest BCUT2D eigenvalue weighted by molar-refractivity contribution is 5.79. The second kappa shape index (κ2) is 9.87. The second-order valence-corrected chi connectivity index (χ2v) is 5.84. The molecule has 0 fully saturated rings. The third kappa shape index (κ3) is 6.87. The largest absolute Gasteiger partial charge is 0.384 e. The topological polar surface area (TPSA) is 85.4 Å². The molecule has 0 unspecified atom stereocenters. The van der Waals surface area contributed by atoms with Crippen LogP contribution in [0.1, 0.15) is 13.8 Å². The number of fused-ring (bicyclic) bond motifs is 1. The molecule has 25 heavy (non-hydrogen) atoms. The van der Waals surface area contributed by atoms with Gasteiger partial charge in [0.25, 0.3) is 0 Å². The van der Waals surface area contributed by atoms with E-state index in [1.54, 1.807) is 18.7 Å². The zero-order valence-electron chi connectivity index (χ0n) is 14.6. The maximum absolute atomic E-state index is 5.51. The summed E-state index contributed by atoms with van der Waals surface area (Å²) >= 11 is 0. The Morgan fingerprint density at radius 2 is 1.92 bits per heavy atom. The van der Waals surface area contributed by atoms with Gasteiger partial charge in [-0.25, -0.2) is 15.0 Å². The number of aromatic amines is 1. The van der Waals surface area contributed by atoms with Crippen LogP contribution in [0.25, 0.3) is 10.9 Å². The number of benzene rings is 1. The van der Waals surface area contributed by atoms with Gasteiger partial charge in [0.1, 0.15) is 5.82 Å². The van der Waals surface area contributed by atoms with E-state index in [9.17, 15) is 0 Å². The van der Waals surface area contributed by atoms with E-state index >= 15 is 0 Å². The van der Waals surface area contributed by atoms with Crippen molar-refractivity contribution in [2.75, 3.05) is 5.73 Å². The molecule has 0 atom stereocenters. The number of hydrogen-bond donors (Lipinski definition) is 2. The quantitative estimate of drug-likeness (QED) is 0.583. The van der Waals surface area contributed by atoms with Crippen LogP contribution in [0, 0.1) is 5.92 Å². The smallest absolute Gasteiger partial charge is 0.124 e. The molecule has 0 aliphatic rings. The molecule has 0 amide bonds. The minimum Gasteiger partial charge on any atom is -0.384 e. The van der Waals surface area contributed by atoms with E-state index in [-0.39, 0.29) is 0 Å². The monoisotopic (exact) mass is 336 g/mol. The molecular weight excluding hydrogens is 312 g/mol. The van der Waals surface area contributed by atoms with Gasteiger partial charge >= 0.3 is 0 Å². The van der Waals surface area contributed by atoms with Crippen molar-refractivity contribution >= 4 is 16.7 Å². The van der Waals surface area contributed by atoms with Gasteiger partial charge in [-0.2, -0.15) is 0 Å². The Morgan fingerprint density at radius 1 is 1.08 bits per heavy atom. The Bertz CT molecular complexity index is 805. The van der Waals surface area contributed by atoms with Crippen LogP contribution in [0.2, 0.25) is 0 Å². The van der Waals surface area contributed by atoms with Crippen LogP contribution in [0.15, 0.2) is 73.8 Å². The van der Waals surface area contributed by atoms with E-state index in [2.05, 4.69) is 38.4 Å². The molecule has 0 spiro atoms. The predicted molar refractivity (Wildman–Crippen MR) is 102 cm³/mol.